The zero-order chi connectivity index (χ0) is 15.3. The monoisotopic (exact) mass is 313 g/mol. The normalized spacial score (nSPS) is 14.3. The quantitative estimate of drug-likeness (QED) is 0.691. The molecule has 0 bridgehead atoms. The highest BCUT2D eigenvalue weighted by atomic mass is 35.5. The van der Waals surface area contributed by atoms with E-state index in [4.69, 9.17) is 16.6 Å². The summed E-state index contributed by atoms with van der Waals surface area (Å²) in [5, 5.41) is 1.40. The SMILES string of the molecule is Cn1c(-c2ccc(Cl)cc2)cc2c(=O)n3c(nc21)CCCC3. The number of aromatic nitrogens is 3. The lowest BCUT2D eigenvalue weighted by molar-refractivity contribution is 0.500. The fourth-order valence-electron chi connectivity index (χ4n) is 3.20. The second-order valence-electron chi connectivity index (χ2n) is 5.77. The summed E-state index contributed by atoms with van der Waals surface area (Å²) in [6.45, 7) is 0.780. The van der Waals surface area contributed by atoms with Crippen LogP contribution < -0.4 is 5.56 Å². The van der Waals surface area contributed by atoms with Crippen molar-refractivity contribution in [3.8, 4) is 11.3 Å². The maximum absolute atomic E-state index is 12.7. The molecule has 0 atom stereocenters. The highest BCUT2D eigenvalue weighted by Crippen LogP contribution is 2.26. The Balaban J connectivity index is 1.99. The van der Waals surface area contributed by atoms with Gasteiger partial charge < -0.3 is 4.57 Å². The van der Waals surface area contributed by atoms with Crippen molar-refractivity contribution in [2.24, 2.45) is 7.05 Å². The zero-order valence-electron chi connectivity index (χ0n) is 12.3. The summed E-state index contributed by atoms with van der Waals surface area (Å²) in [6, 6.07) is 9.59. The van der Waals surface area contributed by atoms with E-state index in [0.29, 0.717) is 10.4 Å². The van der Waals surface area contributed by atoms with Crippen LogP contribution in [0, 0.1) is 0 Å². The fourth-order valence-corrected chi connectivity index (χ4v) is 3.33. The van der Waals surface area contributed by atoms with Gasteiger partial charge in [0.1, 0.15) is 11.5 Å². The highest BCUT2D eigenvalue weighted by molar-refractivity contribution is 6.30. The topological polar surface area (TPSA) is 39.8 Å². The summed E-state index contributed by atoms with van der Waals surface area (Å²) in [7, 11) is 1.96. The molecule has 0 N–H and O–H groups in total. The minimum absolute atomic E-state index is 0.0792. The molecule has 0 aliphatic carbocycles. The molecule has 0 saturated heterocycles. The first-order valence-corrected chi connectivity index (χ1v) is 7.88. The lowest BCUT2D eigenvalue weighted by Gasteiger charge is -2.17. The largest absolute Gasteiger partial charge is 0.328 e. The molecule has 0 unspecified atom stereocenters. The Labute approximate surface area is 133 Å². The average molecular weight is 314 g/mol. The summed E-state index contributed by atoms with van der Waals surface area (Å²) < 4.78 is 3.83. The van der Waals surface area contributed by atoms with Gasteiger partial charge in [0.15, 0.2) is 0 Å². The van der Waals surface area contributed by atoms with Gasteiger partial charge in [-0.05, 0) is 36.6 Å². The number of fused-ring (bicyclic) bond motifs is 2. The van der Waals surface area contributed by atoms with E-state index < -0.39 is 0 Å². The molecular formula is C17H16ClN3O. The van der Waals surface area contributed by atoms with Gasteiger partial charge in [0, 0.05) is 25.0 Å². The maximum Gasteiger partial charge on any atom is 0.263 e. The molecular weight excluding hydrogens is 298 g/mol. The minimum Gasteiger partial charge on any atom is -0.328 e. The molecule has 1 aliphatic heterocycles. The van der Waals surface area contributed by atoms with Crippen LogP contribution in [0.5, 0.6) is 0 Å². The van der Waals surface area contributed by atoms with E-state index in [-0.39, 0.29) is 5.56 Å². The van der Waals surface area contributed by atoms with E-state index in [2.05, 4.69) is 0 Å². The van der Waals surface area contributed by atoms with Gasteiger partial charge in [-0.2, -0.15) is 0 Å². The number of hydrogen-bond donors (Lipinski definition) is 0. The first-order chi connectivity index (χ1) is 10.6. The van der Waals surface area contributed by atoms with E-state index in [9.17, 15) is 4.79 Å². The van der Waals surface area contributed by atoms with Crippen LogP contribution in [-0.4, -0.2) is 14.1 Å². The minimum atomic E-state index is 0.0792. The van der Waals surface area contributed by atoms with Gasteiger partial charge in [-0.3, -0.25) is 9.36 Å². The van der Waals surface area contributed by atoms with Crippen molar-refractivity contribution in [1.29, 1.82) is 0 Å². The summed E-state index contributed by atoms with van der Waals surface area (Å²) >= 11 is 5.96. The molecule has 4 nitrogen and oxygen atoms in total. The first kappa shape index (κ1) is 13.6. The molecule has 0 saturated carbocycles. The van der Waals surface area contributed by atoms with E-state index in [0.717, 1.165) is 48.5 Å². The van der Waals surface area contributed by atoms with Crippen LogP contribution in [0.4, 0.5) is 0 Å². The average Bonchev–Trinajstić information content (AvgIpc) is 2.86. The molecule has 112 valence electrons. The smallest absolute Gasteiger partial charge is 0.263 e. The number of halogens is 1. The molecule has 0 radical (unpaired) electrons. The zero-order valence-corrected chi connectivity index (χ0v) is 13.1. The van der Waals surface area contributed by atoms with E-state index in [1.165, 1.54) is 0 Å². The summed E-state index contributed by atoms with van der Waals surface area (Å²) in [5.41, 5.74) is 2.87. The van der Waals surface area contributed by atoms with Crippen molar-refractivity contribution in [2.75, 3.05) is 0 Å². The Hall–Kier alpha value is -2.07. The lowest BCUT2D eigenvalue weighted by atomic mass is 10.1. The van der Waals surface area contributed by atoms with Crippen molar-refractivity contribution < 1.29 is 0 Å². The molecule has 22 heavy (non-hydrogen) atoms. The molecule has 4 rings (SSSR count). The van der Waals surface area contributed by atoms with Gasteiger partial charge in [-0.15, -0.1) is 0 Å². The number of nitrogens with zero attached hydrogens (tertiary/aromatic N) is 3. The molecule has 1 aliphatic rings. The third-order valence-electron chi connectivity index (χ3n) is 4.40. The van der Waals surface area contributed by atoms with Crippen molar-refractivity contribution in [3.63, 3.8) is 0 Å². The predicted octanol–water partition coefficient (Wildman–Crippen LogP) is 3.39. The van der Waals surface area contributed by atoms with Crippen LogP contribution in [0.2, 0.25) is 5.02 Å². The molecule has 0 amide bonds. The van der Waals surface area contributed by atoms with Crippen LogP contribution in [0.1, 0.15) is 18.7 Å². The lowest BCUT2D eigenvalue weighted by Crippen LogP contribution is -2.28. The Bertz CT molecular complexity index is 922. The molecule has 3 heterocycles. The number of hydrogen-bond acceptors (Lipinski definition) is 2. The van der Waals surface area contributed by atoms with E-state index in [1.807, 2.05) is 46.5 Å². The van der Waals surface area contributed by atoms with Crippen LogP contribution in [0.25, 0.3) is 22.3 Å². The van der Waals surface area contributed by atoms with Gasteiger partial charge in [0.25, 0.3) is 5.56 Å². The van der Waals surface area contributed by atoms with E-state index >= 15 is 0 Å². The van der Waals surface area contributed by atoms with Gasteiger partial charge in [0.2, 0.25) is 0 Å². The van der Waals surface area contributed by atoms with Gasteiger partial charge in [0.05, 0.1) is 11.1 Å². The molecule has 5 heteroatoms. The second-order valence-corrected chi connectivity index (χ2v) is 6.21. The van der Waals surface area contributed by atoms with Crippen molar-refractivity contribution >= 4 is 22.6 Å². The van der Waals surface area contributed by atoms with Crippen molar-refractivity contribution in [2.45, 2.75) is 25.8 Å². The van der Waals surface area contributed by atoms with Crippen LogP contribution in [0.15, 0.2) is 35.1 Å². The second kappa shape index (κ2) is 4.99. The Morgan fingerprint density at radius 1 is 1.18 bits per heavy atom. The molecule has 0 spiro atoms. The van der Waals surface area contributed by atoms with Crippen molar-refractivity contribution in [3.05, 3.63) is 51.5 Å². The Morgan fingerprint density at radius 3 is 2.73 bits per heavy atom. The molecule has 1 aromatic carbocycles. The van der Waals surface area contributed by atoms with E-state index in [1.54, 1.807) is 0 Å². The van der Waals surface area contributed by atoms with Gasteiger partial charge >= 0.3 is 0 Å². The van der Waals surface area contributed by atoms with Crippen molar-refractivity contribution in [1.82, 2.24) is 14.1 Å². The highest BCUT2D eigenvalue weighted by Gasteiger charge is 2.18. The summed E-state index contributed by atoms with van der Waals surface area (Å²) in [5.74, 6) is 0.910. The maximum atomic E-state index is 12.7. The molecule has 3 aromatic rings. The fraction of sp³-hybridized carbons (Fsp3) is 0.294. The van der Waals surface area contributed by atoms with Crippen LogP contribution in [0.3, 0.4) is 0 Å². The van der Waals surface area contributed by atoms with Gasteiger partial charge in [-0.25, -0.2) is 4.98 Å². The first-order valence-electron chi connectivity index (χ1n) is 7.50. The Morgan fingerprint density at radius 2 is 1.95 bits per heavy atom. The predicted molar refractivity (Wildman–Crippen MR) is 88.4 cm³/mol. The standard InChI is InChI=1S/C17H16ClN3O/c1-20-14(11-5-7-12(18)8-6-11)10-13-16(20)19-15-4-2-3-9-21(15)17(13)22/h5-8,10H,2-4,9H2,1H3. The summed E-state index contributed by atoms with van der Waals surface area (Å²) in [6.07, 6.45) is 3.04. The number of benzene rings is 1. The van der Waals surface area contributed by atoms with Crippen LogP contribution in [-0.2, 0) is 20.0 Å². The van der Waals surface area contributed by atoms with Crippen LogP contribution >= 0.6 is 11.6 Å². The molecule has 2 aromatic heterocycles. The molecule has 0 fully saturated rings. The number of aryl methyl sites for hydroxylation is 2. The third-order valence-corrected chi connectivity index (χ3v) is 4.65. The third kappa shape index (κ3) is 1.98. The Kier molecular flexibility index (Phi) is 3.08. The van der Waals surface area contributed by atoms with Gasteiger partial charge in [-0.1, -0.05) is 23.7 Å². The number of rotatable bonds is 1. The summed E-state index contributed by atoms with van der Waals surface area (Å²) in [4.78, 5) is 17.5.